The molecule has 0 radical (unpaired) electrons. The topological polar surface area (TPSA) is 44.8 Å². The molecule has 1 saturated heterocycles. The normalized spacial score (nSPS) is 20.0. The standard InChI is InChI=1S/C31H28Cl2F3N3O2S/c32-24-8-6-22(26(33)17-24)18-38-10-12-39(13-11-38)30(40)21-7-9-27(28(16-21)41-31(34,35)36)37-42-29-3-1-2-19-4-5-20-14-23(20)15-25(19)29/h1-9,16-17,20,23,37H,10-15,18H2. The van der Waals surface area contributed by atoms with Gasteiger partial charge in [-0.05, 0) is 89.7 Å². The Balaban J connectivity index is 1.13. The third-order valence-corrected chi connectivity index (χ3v) is 9.44. The van der Waals surface area contributed by atoms with E-state index in [1.54, 1.807) is 17.0 Å². The van der Waals surface area contributed by atoms with Gasteiger partial charge in [0, 0.05) is 53.2 Å². The van der Waals surface area contributed by atoms with Gasteiger partial charge in [0.25, 0.3) is 5.91 Å². The number of allylic oxidation sites excluding steroid dienone is 1. The van der Waals surface area contributed by atoms with Crippen molar-refractivity contribution in [2.45, 2.75) is 30.6 Å². The van der Waals surface area contributed by atoms with Gasteiger partial charge in [0.1, 0.15) is 0 Å². The Bertz CT molecular complexity index is 1530. The van der Waals surface area contributed by atoms with Crippen molar-refractivity contribution in [3.63, 3.8) is 0 Å². The number of anilines is 1. The largest absolute Gasteiger partial charge is 0.573 e. The van der Waals surface area contributed by atoms with E-state index >= 15 is 0 Å². The molecule has 1 heterocycles. The molecule has 1 saturated carbocycles. The van der Waals surface area contributed by atoms with Gasteiger partial charge in [-0.1, -0.05) is 53.6 Å². The van der Waals surface area contributed by atoms with E-state index in [1.807, 2.05) is 18.2 Å². The highest BCUT2D eigenvalue weighted by molar-refractivity contribution is 8.00. The van der Waals surface area contributed by atoms with Gasteiger partial charge in [0.15, 0.2) is 5.75 Å². The van der Waals surface area contributed by atoms with Crippen molar-refractivity contribution in [1.82, 2.24) is 9.80 Å². The van der Waals surface area contributed by atoms with Crippen LogP contribution >= 0.6 is 35.1 Å². The summed E-state index contributed by atoms with van der Waals surface area (Å²) in [5.41, 5.74) is 3.55. The second kappa shape index (κ2) is 12.0. The Hall–Kier alpha value is -2.85. The van der Waals surface area contributed by atoms with E-state index in [0.29, 0.717) is 54.6 Å². The Morgan fingerprint density at radius 2 is 1.86 bits per heavy atom. The third-order valence-electron chi connectivity index (χ3n) is 7.93. The van der Waals surface area contributed by atoms with Crippen LogP contribution in [0.5, 0.6) is 5.75 Å². The SMILES string of the molecule is O=C(c1ccc(NSc2cccc3c2CC2CC2C=C3)c(OC(F)(F)F)c1)N1CCN(Cc2ccc(Cl)cc2Cl)CC1. The number of piperazine rings is 1. The molecule has 0 aromatic heterocycles. The fraction of sp³-hybridized carbons (Fsp3) is 0.323. The van der Waals surface area contributed by atoms with Crippen LogP contribution in [0.1, 0.15) is 33.5 Å². The van der Waals surface area contributed by atoms with E-state index in [-0.39, 0.29) is 17.2 Å². The molecule has 3 aromatic rings. The molecule has 11 heteroatoms. The quantitative estimate of drug-likeness (QED) is 0.266. The average Bonchev–Trinajstić information content (AvgIpc) is 3.72. The number of ether oxygens (including phenoxy) is 1. The Morgan fingerprint density at radius 1 is 1.05 bits per heavy atom. The lowest BCUT2D eigenvalue weighted by Crippen LogP contribution is -2.48. The molecule has 0 spiro atoms. The maximum atomic E-state index is 13.4. The van der Waals surface area contributed by atoms with E-state index in [2.05, 4.69) is 32.6 Å². The lowest BCUT2D eigenvalue weighted by atomic mass is 10.0. The minimum absolute atomic E-state index is 0.137. The van der Waals surface area contributed by atoms with Gasteiger partial charge in [-0.25, -0.2) is 0 Å². The molecule has 2 atom stereocenters. The van der Waals surface area contributed by atoms with Gasteiger partial charge in [0.05, 0.1) is 5.69 Å². The predicted molar refractivity (Wildman–Crippen MR) is 161 cm³/mol. The Kier molecular flexibility index (Phi) is 8.37. The number of alkyl halides is 3. The molecular weight excluding hydrogens is 606 g/mol. The maximum absolute atomic E-state index is 13.4. The molecular formula is C31H28Cl2F3N3O2S. The summed E-state index contributed by atoms with van der Waals surface area (Å²) in [6.07, 6.45) is 1.60. The number of carbonyl (C=O) groups is 1. The minimum atomic E-state index is -4.91. The number of halogens is 5. The van der Waals surface area contributed by atoms with Crippen molar-refractivity contribution < 1.29 is 22.7 Å². The highest BCUT2D eigenvalue weighted by Gasteiger charge is 2.37. The lowest BCUT2D eigenvalue weighted by Gasteiger charge is -2.35. The van der Waals surface area contributed by atoms with Crippen LogP contribution in [0.3, 0.4) is 0 Å². The van der Waals surface area contributed by atoms with E-state index < -0.39 is 12.1 Å². The van der Waals surface area contributed by atoms with Crippen LogP contribution in [-0.2, 0) is 13.0 Å². The first-order valence-corrected chi connectivity index (χ1v) is 15.3. The first kappa shape index (κ1) is 29.2. The summed E-state index contributed by atoms with van der Waals surface area (Å²) in [6, 6.07) is 15.5. The van der Waals surface area contributed by atoms with Crippen LogP contribution < -0.4 is 9.46 Å². The second-order valence-corrected chi connectivity index (χ2v) is 12.5. The number of nitrogens with one attached hydrogen (secondary N) is 1. The number of nitrogens with zero attached hydrogens (tertiary/aromatic N) is 2. The predicted octanol–water partition coefficient (Wildman–Crippen LogP) is 8.17. The molecule has 1 amide bonds. The zero-order chi connectivity index (χ0) is 29.4. The number of amides is 1. The molecule has 5 nitrogen and oxygen atoms in total. The zero-order valence-corrected chi connectivity index (χ0v) is 24.8. The molecule has 6 rings (SSSR count). The van der Waals surface area contributed by atoms with Crippen molar-refractivity contribution in [2.24, 2.45) is 11.8 Å². The van der Waals surface area contributed by atoms with Gasteiger partial charge in [-0.3, -0.25) is 9.69 Å². The molecule has 42 heavy (non-hydrogen) atoms. The number of carbonyl (C=O) groups excluding carboxylic acids is 1. The summed E-state index contributed by atoms with van der Waals surface area (Å²) in [5, 5.41) is 1.15. The third kappa shape index (κ3) is 6.86. The zero-order valence-electron chi connectivity index (χ0n) is 22.5. The van der Waals surface area contributed by atoms with E-state index in [0.717, 1.165) is 22.4 Å². The van der Waals surface area contributed by atoms with Crippen LogP contribution in [0.4, 0.5) is 18.9 Å². The fourth-order valence-corrected chi connectivity index (χ4v) is 6.85. The fourth-order valence-electron chi connectivity index (χ4n) is 5.52. The van der Waals surface area contributed by atoms with Crippen LogP contribution in [0.2, 0.25) is 10.0 Å². The monoisotopic (exact) mass is 633 g/mol. The van der Waals surface area contributed by atoms with Gasteiger partial charge in [-0.2, -0.15) is 0 Å². The summed E-state index contributed by atoms with van der Waals surface area (Å²) < 4.78 is 47.6. The van der Waals surface area contributed by atoms with Gasteiger partial charge in [0.2, 0.25) is 0 Å². The van der Waals surface area contributed by atoms with Gasteiger partial charge < -0.3 is 14.4 Å². The second-order valence-electron chi connectivity index (χ2n) is 10.8. The molecule has 3 aromatic carbocycles. The summed E-state index contributed by atoms with van der Waals surface area (Å²) >= 11 is 13.6. The Labute approximate surface area is 256 Å². The number of benzene rings is 3. The first-order chi connectivity index (χ1) is 20.1. The number of hydrogen-bond donors (Lipinski definition) is 1. The smallest absolute Gasteiger partial charge is 0.404 e. The molecule has 3 aliphatic rings. The molecule has 1 N–H and O–H groups in total. The summed E-state index contributed by atoms with van der Waals surface area (Å²) in [5.74, 6) is 0.450. The van der Waals surface area contributed by atoms with E-state index in [4.69, 9.17) is 23.2 Å². The van der Waals surface area contributed by atoms with Crippen molar-refractivity contribution in [3.05, 3.63) is 93.0 Å². The van der Waals surface area contributed by atoms with Crippen LogP contribution in [0.15, 0.2) is 65.6 Å². The minimum Gasteiger partial charge on any atom is -0.404 e. The number of rotatable bonds is 7. The molecule has 2 unspecified atom stereocenters. The highest BCUT2D eigenvalue weighted by atomic mass is 35.5. The summed E-state index contributed by atoms with van der Waals surface area (Å²) in [7, 11) is 0. The average molecular weight is 635 g/mol. The molecule has 2 aliphatic carbocycles. The molecule has 2 fully saturated rings. The molecule has 0 bridgehead atoms. The van der Waals surface area contributed by atoms with Crippen molar-refractivity contribution in [2.75, 3.05) is 30.9 Å². The number of hydrogen-bond acceptors (Lipinski definition) is 5. The highest BCUT2D eigenvalue weighted by Crippen LogP contribution is 2.47. The van der Waals surface area contributed by atoms with E-state index in [1.165, 1.54) is 42.1 Å². The summed E-state index contributed by atoms with van der Waals surface area (Å²) in [6.45, 7) is 2.69. The van der Waals surface area contributed by atoms with Crippen molar-refractivity contribution >= 4 is 52.8 Å². The molecule has 1 aliphatic heterocycles. The van der Waals surface area contributed by atoms with Crippen molar-refractivity contribution in [1.29, 1.82) is 0 Å². The number of fused-ring (bicyclic) bond motifs is 2. The van der Waals surface area contributed by atoms with Crippen LogP contribution in [0.25, 0.3) is 6.08 Å². The van der Waals surface area contributed by atoms with Crippen molar-refractivity contribution in [3.8, 4) is 5.75 Å². The lowest BCUT2D eigenvalue weighted by molar-refractivity contribution is -0.274. The maximum Gasteiger partial charge on any atom is 0.573 e. The first-order valence-electron chi connectivity index (χ1n) is 13.7. The van der Waals surface area contributed by atoms with Gasteiger partial charge >= 0.3 is 6.36 Å². The molecule has 220 valence electrons. The summed E-state index contributed by atoms with van der Waals surface area (Å²) in [4.78, 5) is 18.1. The van der Waals surface area contributed by atoms with Crippen LogP contribution in [-0.4, -0.2) is 48.2 Å². The Morgan fingerprint density at radius 3 is 2.62 bits per heavy atom. The van der Waals surface area contributed by atoms with Crippen LogP contribution in [0, 0.1) is 11.8 Å². The van der Waals surface area contributed by atoms with E-state index in [9.17, 15) is 18.0 Å². The van der Waals surface area contributed by atoms with Gasteiger partial charge in [-0.15, -0.1) is 13.2 Å².